The predicted molar refractivity (Wildman–Crippen MR) is 64.1 cm³/mol. The smallest absolute Gasteiger partial charge is 0.246 e. The summed E-state index contributed by atoms with van der Waals surface area (Å²) in [5, 5.41) is 5.37. The Morgan fingerprint density at radius 1 is 1.24 bits per heavy atom. The number of amides is 2. The second kappa shape index (κ2) is 4.99. The molecule has 1 unspecified atom stereocenters. The quantitative estimate of drug-likeness (QED) is 0.813. The number of nitrogens with one attached hydrogen (secondary N) is 2. The fourth-order valence-electron chi connectivity index (χ4n) is 1.70. The molecule has 1 aromatic rings. The number of hydrogen-bond acceptors (Lipinski definition) is 2. The fourth-order valence-corrected chi connectivity index (χ4v) is 1.70. The zero-order valence-electron chi connectivity index (χ0n) is 9.77. The third-order valence-corrected chi connectivity index (χ3v) is 2.88. The van der Waals surface area contributed by atoms with E-state index in [4.69, 9.17) is 0 Å². The van der Waals surface area contributed by atoms with E-state index < -0.39 is 6.04 Å². The largest absolute Gasteiger partial charge is 0.357 e. The molecule has 0 aliphatic heterocycles. The highest BCUT2D eigenvalue weighted by Crippen LogP contribution is 2.29. The molecule has 0 heterocycles. The molecule has 1 atom stereocenters. The highest BCUT2D eigenvalue weighted by Gasteiger charge is 2.32. The summed E-state index contributed by atoms with van der Waals surface area (Å²) < 4.78 is 0. The van der Waals surface area contributed by atoms with E-state index in [2.05, 4.69) is 10.6 Å². The first-order chi connectivity index (χ1) is 8.22. The van der Waals surface area contributed by atoms with Gasteiger partial charge >= 0.3 is 0 Å². The van der Waals surface area contributed by atoms with Crippen molar-refractivity contribution in [1.82, 2.24) is 10.6 Å². The molecule has 1 aromatic carbocycles. The molecule has 1 saturated carbocycles. The maximum atomic E-state index is 11.8. The summed E-state index contributed by atoms with van der Waals surface area (Å²) >= 11 is 0. The van der Waals surface area contributed by atoms with Crippen molar-refractivity contribution in [2.24, 2.45) is 5.92 Å². The van der Waals surface area contributed by atoms with E-state index in [1.54, 1.807) is 7.05 Å². The molecule has 90 valence electrons. The summed E-state index contributed by atoms with van der Waals surface area (Å²) in [6, 6.07) is 8.69. The second-order valence-electron chi connectivity index (χ2n) is 4.24. The van der Waals surface area contributed by atoms with Gasteiger partial charge < -0.3 is 10.6 Å². The second-order valence-corrected chi connectivity index (χ2v) is 4.24. The minimum Gasteiger partial charge on any atom is -0.357 e. The van der Waals surface area contributed by atoms with Crippen LogP contribution in [0, 0.1) is 5.92 Å². The van der Waals surface area contributed by atoms with Crippen molar-refractivity contribution >= 4 is 11.8 Å². The lowest BCUT2D eigenvalue weighted by Crippen LogP contribution is -2.39. The third-order valence-electron chi connectivity index (χ3n) is 2.88. The Morgan fingerprint density at radius 2 is 1.88 bits per heavy atom. The highest BCUT2D eigenvalue weighted by atomic mass is 16.2. The lowest BCUT2D eigenvalue weighted by atomic mass is 10.1. The van der Waals surface area contributed by atoms with E-state index in [-0.39, 0.29) is 17.7 Å². The van der Waals surface area contributed by atoms with Gasteiger partial charge in [0.1, 0.15) is 6.04 Å². The van der Waals surface area contributed by atoms with Crippen LogP contribution in [0.4, 0.5) is 0 Å². The zero-order valence-corrected chi connectivity index (χ0v) is 9.77. The van der Waals surface area contributed by atoms with Crippen LogP contribution in [0.25, 0.3) is 0 Å². The van der Waals surface area contributed by atoms with E-state index in [0.717, 1.165) is 18.4 Å². The normalized spacial score (nSPS) is 16.1. The zero-order chi connectivity index (χ0) is 12.3. The molecular formula is C13H16N2O2. The molecule has 0 radical (unpaired) electrons. The van der Waals surface area contributed by atoms with E-state index in [1.165, 1.54) is 0 Å². The van der Waals surface area contributed by atoms with Crippen molar-refractivity contribution < 1.29 is 9.59 Å². The number of benzene rings is 1. The van der Waals surface area contributed by atoms with Crippen LogP contribution in [0.2, 0.25) is 0 Å². The summed E-state index contributed by atoms with van der Waals surface area (Å²) in [7, 11) is 1.57. The van der Waals surface area contributed by atoms with Crippen molar-refractivity contribution in [3.63, 3.8) is 0 Å². The SMILES string of the molecule is CNC(=O)C(NC(=O)C1CC1)c1ccccc1. The maximum absolute atomic E-state index is 11.8. The molecule has 1 aliphatic rings. The van der Waals surface area contributed by atoms with Crippen LogP contribution in [0.1, 0.15) is 24.4 Å². The summed E-state index contributed by atoms with van der Waals surface area (Å²) in [5.74, 6) is -0.112. The minimum atomic E-state index is -0.589. The Hall–Kier alpha value is -1.84. The van der Waals surface area contributed by atoms with Gasteiger partial charge in [-0.1, -0.05) is 30.3 Å². The molecule has 2 N–H and O–H groups in total. The molecule has 0 bridgehead atoms. The van der Waals surface area contributed by atoms with Gasteiger partial charge in [0.05, 0.1) is 0 Å². The third kappa shape index (κ3) is 2.84. The van der Waals surface area contributed by atoms with E-state index in [9.17, 15) is 9.59 Å². The Morgan fingerprint density at radius 3 is 2.41 bits per heavy atom. The van der Waals surface area contributed by atoms with Crippen LogP contribution in [0.5, 0.6) is 0 Å². The molecular weight excluding hydrogens is 216 g/mol. The van der Waals surface area contributed by atoms with Crippen molar-refractivity contribution in [3.05, 3.63) is 35.9 Å². The van der Waals surface area contributed by atoms with Gasteiger partial charge in [-0.3, -0.25) is 9.59 Å². The van der Waals surface area contributed by atoms with Crippen molar-refractivity contribution in [2.45, 2.75) is 18.9 Å². The standard InChI is InChI=1S/C13H16N2O2/c1-14-13(17)11(9-5-3-2-4-6-9)15-12(16)10-7-8-10/h2-6,10-11H,7-8H2,1H3,(H,14,17)(H,15,16). The first-order valence-electron chi connectivity index (χ1n) is 5.79. The van der Waals surface area contributed by atoms with Gasteiger partial charge in [-0.25, -0.2) is 0 Å². The lowest BCUT2D eigenvalue weighted by molar-refractivity contribution is -0.129. The molecule has 1 aliphatic carbocycles. The summed E-state index contributed by atoms with van der Waals surface area (Å²) in [4.78, 5) is 23.5. The fraction of sp³-hybridized carbons (Fsp3) is 0.385. The van der Waals surface area contributed by atoms with Gasteiger partial charge in [0.25, 0.3) is 0 Å². The molecule has 2 rings (SSSR count). The molecule has 4 heteroatoms. The summed E-state index contributed by atoms with van der Waals surface area (Å²) in [6.07, 6.45) is 1.86. The van der Waals surface area contributed by atoms with Gasteiger partial charge in [0.15, 0.2) is 0 Å². The van der Waals surface area contributed by atoms with Crippen LogP contribution in [-0.4, -0.2) is 18.9 Å². The maximum Gasteiger partial charge on any atom is 0.246 e. The summed E-state index contributed by atoms with van der Waals surface area (Å²) in [5.41, 5.74) is 0.806. The van der Waals surface area contributed by atoms with E-state index in [0.29, 0.717) is 0 Å². The van der Waals surface area contributed by atoms with Crippen LogP contribution in [0.3, 0.4) is 0 Å². The molecule has 4 nitrogen and oxygen atoms in total. The van der Waals surface area contributed by atoms with Gasteiger partial charge in [-0.05, 0) is 18.4 Å². The number of carbonyl (C=O) groups excluding carboxylic acids is 2. The van der Waals surface area contributed by atoms with Crippen LogP contribution < -0.4 is 10.6 Å². The number of rotatable bonds is 4. The topological polar surface area (TPSA) is 58.2 Å². The number of hydrogen-bond donors (Lipinski definition) is 2. The van der Waals surface area contributed by atoms with Crippen LogP contribution >= 0.6 is 0 Å². The molecule has 0 spiro atoms. The van der Waals surface area contributed by atoms with Crippen molar-refractivity contribution in [3.8, 4) is 0 Å². The van der Waals surface area contributed by atoms with Gasteiger partial charge in [-0.15, -0.1) is 0 Å². The number of carbonyl (C=O) groups is 2. The predicted octanol–water partition coefficient (Wildman–Crippen LogP) is 1.000. The summed E-state index contributed by atoms with van der Waals surface area (Å²) in [6.45, 7) is 0. The Balaban J connectivity index is 2.13. The molecule has 0 saturated heterocycles. The Kier molecular flexibility index (Phi) is 3.42. The van der Waals surface area contributed by atoms with E-state index >= 15 is 0 Å². The number of likely N-dealkylation sites (N-methyl/N-ethyl adjacent to an activating group) is 1. The van der Waals surface area contributed by atoms with Gasteiger partial charge in [0, 0.05) is 13.0 Å². The van der Waals surface area contributed by atoms with E-state index in [1.807, 2.05) is 30.3 Å². The molecule has 0 aromatic heterocycles. The average Bonchev–Trinajstić information content (AvgIpc) is 3.20. The van der Waals surface area contributed by atoms with Crippen LogP contribution in [-0.2, 0) is 9.59 Å². The Labute approximate surface area is 100 Å². The van der Waals surface area contributed by atoms with Gasteiger partial charge in [0.2, 0.25) is 11.8 Å². The van der Waals surface area contributed by atoms with Crippen LogP contribution in [0.15, 0.2) is 30.3 Å². The molecule has 2 amide bonds. The van der Waals surface area contributed by atoms with Gasteiger partial charge in [-0.2, -0.15) is 0 Å². The monoisotopic (exact) mass is 232 g/mol. The highest BCUT2D eigenvalue weighted by molar-refractivity contribution is 5.90. The lowest BCUT2D eigenvalue weighted by Gasteiger charge is -2.17. The minimum absolute atomic E-state index is 0.0255. The molecule has 17 heavy (non-hydrogen) atoms. The Bertz CT molecular complexity index is 413. The molecule has 1 fully saturated rings. The first-order valence-corrected chi connectivity index (χ1v) is 5.79. The average molecular weight is 232 g/mol. The first kappa shape index (κ1) is 11.6. The van der Waals surface area contributed by atoms with Crippen molar-refractivity contribution in [2.75, 3.05) is 7.05 Å². The van der Waals surface area contributed by atoms with Crippen molar-refractivity contribution in [1.29, 1.82) is 0 Å².